The molecule has 0 atom stereocenters. The first kappa shape index (κ1) is 20.8. The first-order chi connectivity index (χ1) is 10.8. The maximum atomic E-state index is 13.5. The van der Waals surface area contributed by atoms with Gasteiger partial charge in [0.1, 0.15) is 11.6 Å². The normalized spacial score (nSPS) is 12.0. The second kappa shape index (κ2) is 8.70. The molecule has 24 heavy (non-hydrogen) atoms. The average molecular weight is 466 g/mol. The highest BCUT2D eigenvalue weighted by molar-refractivity contribution is 14.0. The summed E-state index contributed by atoms with van der Waals surface area (Å²) in [6.07, 6.45) is 0.639. The fourth-order valence-electron chi connectivity index (χ4n) is 1.83. The van der Waals surface area contributed by atoms with E-state index in [2.05, 4.69) is 36.1 Å². The van der Waals surface area contributed by atoms with Crippen molar-refractivity contribution >= 4 is 47.0 Å². The number of nitrogens with zero attached hydrogens (tertiary/aromatic N) is 2. The minimum atomic E-state index is -0.584. The Bertz CT molecular complexity index is 710. The zero-order valence-electron chi connectivity index (χ0n) is 13.8. The van der Waals surface area contributed by atoms with E-state index in [1.165, 1.54) is 0 Å². The molecule has 0 aliphatic rings. The van der Waals surface area contributed by atoms with Crippen LogP contribution in [0.25, 0.3) is 0 Å². The van der Waals surface area contributed by atoms with Crippen LogP contribution in [-0.2, 0) is 11.8 Å². The van der Waals surface area contributed by atoms with Crippen LogP contribution < -0.4 is 11.1 Å². The summed E-state index contributed by atoms with van der Waals surface area (Å²) in [6, 6.07) is 3.12. The number of guanidine groups is 1. The Hall–Kier alpha value is -1.29. The molecule has 0 fully saturated rings. The smallest absolute Gasteiger partial charge is 0.193 e. The van der Waals surface area contributed by atoms with Crippen LogP contribution in [-0.4, -0.2) is 17.5 Å². The lowest BCUT2D eigenvalue weighted by atomic mass is 9.98. The van der Waals surface area contributed by atoms with Gasteiger partial charge >= 0.3 is 0 Å². The fraction of sp³-hybridized carbons (Fsp3) is 0.375. The first-order valence-corrected chi connectivity index (χ1v) is 8.10. The van der Waals surface area contributed by atoms with Gasteiger partial charge in [-0.1, -0.05) is 20.8 Å². The summed E-state index contributed by atoms with van der Waals surface area (Å²) in [4.78, 5) is 8.68. The monoisotopic (exact) mass is 466 g/mol. The Morgan fingerprint density at radius 2 is 2.04 bits per heavy atom. The molecule has 0 aliphatic heterocycles. The third-order valence-corrected chi connectivity index (χ3v) is 4.35. The number of benzene rings is 1. The Morgan fingerprint density at radius 3 is 2.67 bits per heavy atom. The summed E-state index contributed by atoms with van der Waals surface area (Å²) in [5.74, 6) is -1.08. The largest absolute Gasteiger partial charge is 0.370 e. The molecule has 0 bridgehead atoms. The van der Waals surface area contributed by atoms with Gasteiger partial charge < -0.3 is 11.1 Å². The second-order valence-corrected chi connectivity index (χ2v) is 7.02. The third kappa shape index (κ3) is 5.97. The Labute approximate surface area is 161 Å². The molecule has 4 nitrogen and oxygen atoms in total. The van der Waals surface area contributed by atoms with Gasteiger partial charge in [-0.15, -0.1) is 35.3 Å². The lowest BCUT2D eigenvalue weighted by Gasteiger charge is -2.13. The lowest BCUT2D eigenvalue weighted by Crippen LogP contribution is -2.23. The summed E-state index contributed by atoms with van der Waals surface area (Å²) < 4.78 is 26.6. The number of rotatable bonds is 4. The van der Waals surface area contributed by atoms with E-state index < -0.39 is 11.6 Å². The van der Waals surface area contributed by atoms with Crippen molar-refractivity contribution in [2.45, 2.75) is 32.6 Å². The fourth-order valence-corrected chi connectivity index (χ4v) is 2.77. The van der Waals surface area contributed by atoms with Crippen molar-refractivity contribution in [2.24, 2.45) is 10.7 Å². The minimum Gasteiger partial charge on any atom is -0.370 e. The zero-order chi connectivity index (χ0) is 17.0. The van der Waals surface area contributed by atoms with E-state index in [0.717, 1.165) is 28.9 Å². The Kier molecular flexibility index (Phi) is 7.53. The number of hydrogen-bond acceptors (Lipinski definition) is 3. The van der Waals surface area contributed by atoms with Crippen LogP contribution in [0.2, 0.25) is 0 Å². The molecule has 0 spiro atoms. The molecular weight excluding hydrogens is 445 g/mol. The Balaban J connectivity index is 0.00000288. The molecule has 0 amide bonds. The van der Waals surface area contributed by atoms with Crippen molar-refractivity contribution in [3.63, 3.8) is 0 Å². The predicted molar refractivity (Wildman–Crippen MR) is 106 cm³/mol. The van der Waals surface area contributed by atoms with Crippen molar-refractivity contribution in [2.75, 3.05) is 11.9 Å². The molecule has 0 saturated carbocycles. The van der Waals surface area contributed by atoms with Crippen molar-refractivity contribution in [3.05, 3.63) is 45.9 Å². The molecule has 3 N–H and O–H groups in total. The molecular formula is C16H21F2IN4S. The van der Waals surface area contributed by atoms with Crippen LogP contribution in [0.1, 0.15) is 31.5 Å². The van der Waals surface area contributed by atoms with Crippen LogP contribution in [0.15, 0.2) is 28.6 Å². The summed E-state index contributed by atoms with van der Waals surface area (Å²) >= 11 is 1.62. The summed E-state index contributed by atoms with van der Waals surface area (Å²) in [5.41, 5.74) is 6.64. The van der Waals surface area contributed by atoms with E-state index in [1.807, 2.05) is 5.38 Å². The van der Waals surface area contributed by atoms with Gasteiger partial charge in [0.05, 0.1) is 16.4 Å². The van der Waals surface area contributed by atoms with Crippen molar-refractivity contribution in [3.8, 4) is 0 Å². The summed E-state index contributed by atoms with van der Waals surface area (Å²) in [7, 11) is 0. The van der Waals surface area contributed by atoms with Gasteiger partial charge in [0.2, 0.25) is 0 Å². The number of nitrogens with two attached hydrogens (primary N) is 1. The van der Waals surface area contributed by atoms with Crippen LogP contribution in [0, 0.1) is 11.6 Å². The standard InChI is InChI=1S/C16H20F2N4S.HI/c1-16(2,3)14-21-11(9-23-14)6-7-20-15(19)22-13-8-10(17)4-5-12(13)18;/h4-5,8-9H,6-7H2,1-3H3,(H3,19,20,22);1H. The second-order valence-electron chi connectivity index (χ2n) is 6.16. The van der Waals surface area contributed by atoms with Crippen LogP contribution in [0.5, 0.6) is 0 Å². The highest BCUT2D eigenvalue weighted by Gasteiger charge is 2.17. The van der Waals surface area contributed by atoms with Crippen molar-refractivity contribution < 1.29 is 8.78 Å². The molecule has 0 unspecified atom stereocenters. The van der Waals surface area contributed by atoms with Crippen LogP contribution in [0.3, 0.4) is 0 Å². The van der Waals surface area contributed by atoms with Gasteiger partial charge in [0.25, 0.3) is 0 Å². The quantitative estimate of drug-likeness (QED) is 0.401. The van der Waals surface area contributed by atoms with E-state index in [-0.39, 0.29) is 41.0 Å². The number of anilines is 1. The number of nitrogens with one attached hydrogen (secondary N) is 1. The van der Waals surface area contributed by atoms with Gasteiger partial charge in [-0.05, 0) is 12.1 Å². The molecule has 1 aromatic carbocycles. The molecule has 1 aromatic heterocycles. The first-order valence-electron chi connectivity index (χ1n) is 7.22. The number of hydrogen-bond donors (Lipinski definition) is 2. The molecule has 0 aliphatic carbocycles. The van der Waals surface area contributed by atoms with Crippen molar-refractivity contribution in [1.82, 2.24) is 4.98 Å². The zero-order valence-corrected chi connectivity index (χ0v) is 16.9. The maximum absolute atomic E-state index is 13.5. The van der Waals surface area contributed by atoms with Crippen molar-refractivity contribution in [1.29, 1.82) is 0 Å². The lowest BCUT2D eigenvalue weighted by molar-refractivity contribution is 0.583. The highest BCUT2D eigenvalue weighted by Crippen LogP contribution is 2.25. The maximum Gasteiger partial charge on any atom is 0.193 e. The van der Waals surface area contributed by atoms with E-state index in [1.54, 1.807) is 11.3 Å². The molecule has 0 radical (unpaired) electrons. The predicted octanol–water partition coefficient (Wildman–Crippen LogP) is 4.31. The summed E-state index contributed by atoms with van der Waals surface area (Å²) in [6.45, 7) is 6.76. The van der Waals surface area contributed by atoms with Gasteiger partial charge in [-0.3, -0.25) is 4.99 Å². The molecule has 2 aromatic rings. The van der Waals surface area contributed by atoms with Crippen LogP contribution >= 0.6 is 35.3 Å². The van der Waals surface area contributed by atoms with E-state index >= 15 is 0 Å². The van der Waals surface area contributed by atoms with Gasteiger partial charge in [0.15, 0.2) is 5.96 Å². The Morgan fingerprint density at radius 1 is 1.33 bits per heavy atom. The van der Waals surface area contributed by atoms with Gasteiger partial charge in [0, 0.05) is 29.8 Å². The molecule has 0 saturated heterocycles. The molecule has 2 rings (SSSR count). The molecule has 8 heteroatoms. The summed E-state index contributed by atoms with van der Waals surface area (Å²) in [5, 5.41) is 5.64. The highest BCUT2D eigenvalue weighted by atomic mass is 127. The van der Waals surface area contributed by atoms with E-state index in [4.69, 9.17) is 5.73 Å². The average Bonchev–Trinajstić information content (AvgIpc) is 2.92. The number of aliphatic imine (C=N–C) groups is 1. The van der Waals surface area contributed by atoms with Gasteiger partial charge in [-0.25, -0.2) is 13.8 Å². The van der Waals surface area contributed by atoms with E-state index in [9.17, 15) is 8.78 Å². The molecule has 132 valence electrons. The van der Waals surface area contributed by atoms with E-state index in [0.29, 0.717) is 13.0 Å². The third-order valence-electron chi connectivity index (χ3n) is 3.03. The minimum absolute atomic E-state index is 0. The van der Waals surface area contributed by atoms with Crippen LogP contribution in [0.4, 0.5) is 14.5 Å². The SMILES string of the molecule is CC(C)(C)c1nc(CCN=C(N)Nc2cc(F)ccc2F)cs1.I. The number of aromatic nitrogens is 1. The number of thiazole rings is 1. The molecule has 1 heterocycles. The topological polar surface area (TPSA) is 63.3 Å². The van der Waals surface area contributed by atoms with Gasteiger partial charge in [-0.2, -0.15) is 0 Å². The number of halogens is 3.